The number of hydrogen-bond acceptors (Lipinski definition) is 6. The molecule has 150 valence electrons. The Morgan fingerprint density at radius 2 is 2.00 bits per heavy atom. The molecule has 1 aliphatic rings. The van der Waals surface area contributed by atoms with E-state index in [0.29, 0.717) is 41.6 Å². The third-order valence-corrected chi connectivity index (χ3v) is 5.70. The second kappa shape index (κ2) is 7.59. The first kappa shape index (κ1) is 18.8. The highest BCUT2D eigenvalue weighted by molar-refractivity contribution is 6.30. The molecule has 30 heavy (non-hydrogen) atoms. The predicted octanol–water partition coefficient (Wildman–Crippen LogP) is 3.30. The highest BCUT2D eigenvalue weighted by atomic mass is 35.5. The Hall–Kier alpha value is -3.16. The summed E-state index contributed by atoms with van der Waals surface area (Å²) >= 11 is 6.47. The van der Waals surface area contributed by atoms with Crippen molar-refractivity contribution in [3.63, 3.8) is 0 Å². The Bertz CT molecular complexity index is 1300. The summed E-state index contributed by atoms with van der Waals surface area (Å²) in [6, 6.07) is 8.25. The van der Waals surface area contributed by atoms with Gasteiger partial charge in [0.25, 0.3) is 5.56 Å². The minimum absolute atomic E-state index is 0.123. The SMILES string of the molecule is Cc1ccc2cc(CN3CCc4nc(-c5cncnc5)[nH]c(=O)c4C3)c(Cl)nc2c1. The number of nitrogens with zero attached hydrogens (tertiary/aromatic N) is 5. The Kier molecular flexibility index (Phi) is 4.77. The van der Waals surface area contributed by atoms with Crippen LogP contribution in [0.1, 0.15) is 22.4 Å². The van der Waals surface area contributed by atoms with Crippen LogP contribution in [0.2, 0.25) is 5.15 Å². The monoisotopic (exact) mass is 418 g/mol. The summed E-state index contributed by atoms with van der Waals surface area (Å²) in [5, 5.41) is 1.57. The maximum Gasteiger partial charge on any atom is 0.255 e. The maximum atomic E-state index is 12.7. The quantitative estimate of drug-likeness (QED) is 0.513. The van der Waals surface area contributed by atoms with Gasteiger partial charge in [-0.1, -0.05) is 23.7 Å². The van der Waals surface area contributed by atoms with Gasteiger partial charge in [0.15, 0.2) is 0 Å². The van der Waals surface area contributed by atoms with E-state index in [1.54, 1.807) is 12.4 Å². The summed E-state index contributed by atoms with van der Waals surface area (Å²) in [5.41, 5.74) is 5.10. The second-order valence-corrected chi connectivity index (χ2v) is 7.92. The van der Waals surface area contributed by atoms with Gasteiger partial charge in [-0.2, -0.15) is 0 Å². The molecular formula is C22H19ClN6O. The van der Waals surface area contributed by atoms with Crippen molar-refractivity contribution < 1.29 is 0 Å². The van der Waals surface area contributed by atoms with Crippen LogP contribution in [0.5, 0.6) is 0 Å². The molecule has 1 aliphatic heterocycles. The molecule has 0 bridgehead atoms. The molecule has 0 unspecified atom stereocenters. The van der Waals surface area contributed by atoms with Crippen molar-refractivity contribution in [3.8, 4) is 11.4 Å². The van der Waals surface area contributed by atoms with E-state index in [1.807, 2.05) is 13.0 Å². The number of fused-ring (bicyclic) bond motifs is 2. The van der Waals surface area contributed by atoms with E-state index in [2.05, 4.69) is 48.0 Å². The molecule has 4 heterocycles. The first-order valence-electron chi connectivity index (χ1n) is 9.72. The van der Waals surface area contributed by atoms with Gasteiger partial charge < -0.3 is 4.98 Å². The number of halogens is 1. The van der Waals surface area contributed by atoms with Gasteiger partial charge >= 0.3 is 0 Å². The lowest BCUT2D eigenvalue weighted by Gasteiger charge is -2.28. The first-order chi connectivity index (χ1) is 14.6. The van der Waals surface area contributed by atoms with Crippen LogP contribution in [-0.2, 0) is 19.5 Å². The zero-order valence-corrected chi connectivity index (χ0v) is 17.1. The topological polar surface area (TPSA) is 87.7 Å². The van der Waals surface area contributed by atoms with Crippen LogP contribution in [0, 0.1) is 6.92 Å². The Morgan fingerprint density at radius 1 is 1.17 bits per heavy atom. The molecule has 0 saturated carbocycles. The molecule has 0 spiro atoms. The summed E-state index contributed by atoms with van der Waals surface area (Å²) in [4.78, 5) is 35.0. The van der Waals surface area contributed by atoms with Crippen molar-refractivity contribution >= 4 is 22.5 Å². The molecule has 0 fully saturated rings. The van der Waals surface area contributed by atoms with Gasteiger partial charge in [-0.25, -0.2) is 19.9 Å². The highest BCUT2D eigenvalue weighted by Gasteiger charge is 2.22. The average Bonchev–Trinajstić information content (AvgIpc) is 2.75. The van der Waals surface area contributed by atoms with Gasteiger partial charge in [0.05, 0.1) is 22.3 Å². The zero-order valence-electron chi connectivity index (χ0n) is 16.4. The molecule has 7 nitrogen and oxygen atoms in total. The minimum atomic E-state index is -0.123. The predicted molar refractivity (Wildman–Crippen MR) is 115 cm³/mol. The van der Waals surface area contributed by atoms with Gasteiger partial charge in [-0.3, -0.25) is 9.69 Å². The van der Waals surface area contributed by atoms with Crippen molar-refractivity contribution in [2.45, 2.75) is 26.4 Å². The van der Waals surface area contributed by atoms with Gasteiger partial charge in [0.1, 0.15) is 17.3 Å². The van der Waals surface area contributed by atoms with E-state index >= 15 is 0 Å². The van der Waals surface area contributed by atoms with Gasteiger partial charge in [-0.15, -0.1) is 0 Å². The molecule has 0 saturated heterocycles. The van der Waals surface area contributed by atoms with E-state index in [-0.39, 0.29) is 5.56 Å². The van der Waals surface area contributed by atoms with Gasteiger partial charge in [0.2, 0.25) is 0 Å². The third kappa shape index (κ3) is 3.58. The average molecular weight is 419 g/mol. The third-order valence-electron chi connectivity index (χ3n) is 5.37. The number of nitrogens with one attached hydrogen (secondary N) is 1. The van der Waals surface area contributed by atoms with Gasteiger partial charge in [0, 0.05) is 49.4 Å². The van der Waals surface area contributed by atoms with E-state index in [1.165, 1.54) is 6.33 Å². The second-order valence-electron chi connectivity index (χ2n) is 7.56. The maximum absolute atomic E-state index is 12.7. The number of hydrogen-bond donors (Lipinski definition) is 1. The van der Waals surface area contributed by atoms with Crippen LogP contribution >= 0.6 is 11.6 Å². The lowest BCUT2D eigenvalue weighted by Crippen LogP contribution is -2.35. The normalized spacial score (nSPS) is 14.1. The van der Waals surface area contributed by atoms with Crippen molar-refractivity contribution in [3.05, 3.63) is 80.9 Å². The Balaban J connectivity index is 1.41. The van der Waals surface area contributed by atoms with Crippen molar-refractivity contribution in [1.82, 2.24) is 29.8 Å². The van der Waals surface area contributed by atoms with Crippen LogP contribution in [0.15, 0.2) is 47.8 Å². The van der Waals surface area contributed by atoms with Crippen LogP contribution in [0.4, 0.5) is 0 Å². The van der Waals surface area contributed by atoms with Crippen molar-refractivity contribution in [2.75, 3.05) is 6.54 Å². The Labute approximate surface area is 177 Å². The fourth-order valence-electron chi connectivity index (χ4n) is 3.82. The van der Waals surface area contributed by atoms with Crippen molar-refractivity contribution in [2.24, 2.45) is 0 Å². The number of aromatic amines is 1. The summed E-state index contributed by atoms with van der Waals surface area (Å²) in [7, 11) is 0. The molecule has 5 rings (SSSR count). The molecular weight excluding hydrogens is 400 g/mol. The highest BCUT2D eigenvalue weighted by Crippen LogP contribution is 2.25. The van der Waals surface area contributed by atoms with Crippen LogP contribution in [0.3, 0.4) is 0 Å². The number of benzene rings is 1. The van der Waals surface area contributed by atoms with E-state index in [9.17, 15) is 4.79 Å². The van der Waals surface area contributed by atoms with Crippen LogP contribution in [-0.4, -0.2) is 36.4 Å². The Morgan fingerprint density at radius 3 is 2.83 bits per heavy atom. The number of aryl methyl sites for hydroxylation is 1. The lowest BCUT2D eigenvalue weighted by atomic mass is 10.1. The molecule has 0 amide bonds. The number of pyridine rings is 1. The minimum Gasteiger partial charge on any atom is -0.306 e. The number of rotatable bonds is 3. The summed E-state index contributed by atoms with van der Waals surface area (Å²) < 4.78 is 0. The number of H-pyrrole nitrogens is 1. The molecule has 0 atom stereocenters. The molecule has 8 heteroatoms. The van der Waals surface area contributed by atoms with Gasteiger partial charge in [-0.05, 0) is 24.6 Å². The molecule has 1 aromatic carbocycles. The first-order valence-corrected chi connectivity index (χ1v) is 10.1. The standard InChI is InChI=1S/C22H19ClN6O/c1-13-2-3-14-7-15(20(23)26-19(14)6-13)10-29-5-4-18-17(11-29)22(30)28-21(27-18)16-8-24-12-25-9-16/h2-3,6-9,12H,4-5,10-11H2,1H3,(H,27,28,30). The van der Waals surface area contributed by atoms with E-state index in [4.69, 9.17) is 11.6 Å². The molecule has 3 aromatic heterocycles. The number of aromatic nitrogens is 5. The summed E-state index contributed by atoms with van der Waals surface area (Å²) in [6.45, 7) is 3.97. The van der Waals surface area contributed by atoms with E-state index in [0.717, 1.165) is 34.3 Å². The van der Waals surface area contributed by atoms with Crippen LogP contribution < -0.4 is 5.56 Å². The molecule has 1 N–H and O–H groups in total. The van der Waals surface area contributed by atoms with Crippen molar-refractivity contribution in [1.29, 1.82) is 0 Å². The van der Waals surface area contributed by atoms with Crippen LogP contribution in [0.25, 0.3) is 22.3 Å². The molecule has 0 aliphatic carbocycles. The lowest BCUT2D eigenvalue weighted by molar-refractivity contribution is 0.242. The summed E-state index contributed by atoms with van der Waals surface area (Å²) in [5.74, 6) is 0.505. The smallest absolute Gasteiger partial charge is 0.255 e. The zero-order chi connectivity index (χ0) is 20.7. The molecule has 0 radical (unpaired) electrons. The molecule has 4 aromatic rings. The fraction of sp³-hybridized carbons (Fsp3) is 0.227. The van der Waals surface area contributed by atoms with E-state index < -0.39 is 0 Å². The largest absolute Gasteiger partial charge is 0.306 e. The fourth-order valence-corrected chi connectivity index (χ4v) is 4.03. The summed E-state index contributed by atoms with van der Waals surface area (Å²) in [6.07, 6.45) is 5.43.